The number of nitrogens with two attached hydrogens (primary N) is 1. The number of nitrogens with one attached hydrogen (secondary N) is 1. The Labute approximate surface area is 103 Å². The van der Waals surface area contributed by atoms with Crippen molar-refractivity contribution in [3.8, 4) is 0 Å². The highest BCUT2D eigenvalue weighted by atomic mass is 19.1. The Kier molecular flexibility index (Phi) is 5.22. The van der Waals surface area contributed by atoms with Crippen molar-refractivity contribution in [1.82, 2.24) is 5.48 Å². The van der Waals surface area contributed by atoms with E-state index in [1.807, 2.05) is 0 Å². The second-order valence-corrected chi connectivity index (χ2v) is 3.38. The van der Waals surface area contributed by atoms with Gasteiger partial charge in [0.05, 0.1) is 12.7 Å². The second kappa shape index (κ2) is 6.67. The smallest absolute Gasteiger partial charge is 0.340 e. The van der Waals surface area contributed by atoms with Crippen molar-refractivity contribution >= 4 is 11.9 Å². The number of methoxy groups -OCH3 is 1. The van der Waals surface area contributed by atoms with Crippen LogP contribution in [0.15, 0.2) is 18.2 Å². The molecule has 0 fully saturated rings. The SMILES string of the molecule is COC(=O)c1ccc(CNOCC(N)=O)cc1F. The quantitative estimate of drug-likeness (QED) is 0.428. The molecule has 3 N–H and O–H groups in total. The molecule has 0 aromatic heterocycles. The van der Waals surface area contributed by atoms with Crippen LogP contribution >= 0.6 is 0 Å². The minimum atomic E-state index is -0.739. The van der Waals surface area contributed by atoms with E-state index >= 15 is 0 Å². The van der Waals surface area contributed by atoms with Gasteiger partial charge in [0.25, 0.3) is 0 Å². The molecule has 0 unspecified atom stereocenters. The molecule has 0 aliphatic rings. The largest absolute Gasteiger partial charge is 0.465 e. The maximum atomic E-state index is 13.5. The number of hydroxylamine groups is 1. The zero-order valence-electron chi connectivity index (χ0n) is 9.73. The van der Waals surface area contributed by atoms with E-state index in [0.29, 0.717) is 5.56 Å². The number of benzene rings is 1. The molecule has 0 radical (unpaired) electrons. The van der Waals surface area contributed by atoms with Crippen molar-refractivity contribution in [3.63, 3.8) is 0 Å². The number of halogens is 1. The fourth-order valence-electron chi connectivity index (χ4n) is 1.20. The van der Waals surface area contributed by atoms with E-state index in [9.17, 15) is 14.0 Å². The van der Waals surface area contributed by atoms with Crippen LogP contribution in [-0.2, 0) is 20.9 Å². The molecule has 0 aliphatic carbocycles. The van der Waals surface area contributed by atoms with Gasteiger partial charge in [-0.15, -0.1) is 0 Å². The summed E-state index contributed by atoms with van der Waals surface area (Å²) in [7, 11) is 1.18. The summed E-state index contributed by atoms with van der Waals surface area (Å²) in [5.74, 6) is -2.04. The number of rotatable bonds is 6. The van der Waals surface area contributed by atoms with Crippen LogP contribution in [0.2, 0.25) is 0 Å². The lowest BCUT2D eigenvalue weighted by atomic mass is 10.1. The second-order valence-electron chi connectivity index (χ2n) is 3.38. The van der Waals surface area contributed by atoms with Crippen molar-refractivity contribution in [2.45, 2.75) is 6.54 Å². The van der Waals surface area contributed by atoms with Gasteiger partial charge in [0.15, 0.2) is 0 Å². The van der Waals surface area contributed by atoms with E-state index in [0.717, 1.165) is 0 Å². The third kappa shape index (κ3) is 4.11. The maximum absolute atomic E-state index is 13.5. The van der Waals surface area contributed by atoms with Crippen molar-refractivity contribution in [2.75, 3.05) is 13.7 Å². The molecule has 0 atom stereocenters. The number of esters is 1. The zero-order chi connectivity index (χ0) is 13.5. The predicted octanol–water partition coefficient (Wildman–Crippen LogP) is 0.119. The van der Waals surface area contributed by atoms with Gasteiger partial charge in [-0.1, -0.05) is 6.07 Å². The van der Waals surface area contributed by atoms with Crippen molar-refractivity contribution in [1.29, 1.82) is 0 Å². The average Bonchev–Trinajstić information content (AvgIpc) is 2.33. The Morgan fingerprint density at radius 3 is 2.72 bits per heavy atom. The molecule has 0 spiro atoms. The van der Waals surface area contributed by atoms with Gasteiger partial charge in [0, 0.05) is 6.54 Å². The Hall–Kier alpha value is -1.99. The van der Waals surface area contributed by atoms with Crippen LogP contribution in [0.25, 0.3) is 0 Å². The van der Waals surface area contributed by atoms with E-state index in [-0.39, 0.29) is 18.7 Å². The third-order valence-corrected chi connectivity index (χ3v) is 2.03. The molecule has 1 amide bonds. The lowest BCUT2D eigenvalue weighted by molar-refractivity contribution is -0.125. The van der Waals surface area contributed by atoms with E-state index in [1.165, 1.54) is 25.3 Å². The number of carbonyl (C=O) groups excluding carboxylic acids is 2. The highest BCUT2D eigenvalue weighted by Crippen LogP contribution is 2.11. The molecule has 6 nitrogen and oxygen atoms in total. The van der Waals surface area contributed by atoms with Crippen molar-refractivity contribution < 1.29 is 23.6 Å². The molecule has 7 heteroatoms. The number of carbonyl (C=O) groups is 2. The van der Waals surface area contributed by atoms with Gasteiger partial charge in [0.2, 0.25) is 5.91 Å². The first kappa shape index (κ1) is 14.1. The molecule has 1 rings (SSSR count). The summed E-state index contributed by atoms with van der Waals surface area (Å²) in [6, 6.07) is 4.02. The first-order valence-electron chi connectivity index (χ1n) is 5.04. The van der Waals surface area contributed by atoms with E-state index in [1.54, 1.807) is 0 Å². The predicted molar refractivity (Wildman–Crippen MR) is 59.7 cm³/mol. The van der Waals surface area contributed by atoms with E-state index < -0.39 is 17.7 Å². The summed E-state index contributed by atoms with van der Waals surface area (Å²) in [4.78, 5) is 26.2. The molecule has 98 valence electrons. The average molecular weight is 256 g/mol. The summed E-state index contributed by atoms with van der Waals surface area (Å²) in [5, 5.41) is 0. The molecule has 0 aliphatic heterocycles. The maximum Gasteiger partial charge on any atom is 0.340 e. The van der Waals surface area contributed by atoms with Crippen LogP contribution < -0.4 is 11.2 Å². The first-order valence-corrected chi connectivity index (χ1v) is 5.04. The van der Waals surface area contributed by atoms with Gasteiger partial charge in [-0.2, -0.15) is 5.48 Å². The molecular weight excluding hydrogens is 243 g/mol. The van der Waals surface area contributed by atoms with E-state index in [4.69, 9.17) is 10.6 Å². The van der Waals surface area contributed by atoms with Gasteiger partial charge in [-0.25, -0.2) is 9.18 Å². The fraction of sp³-hybridized carbons (Fsp3) is 0.273. The molecule has 1 aromatic carbocycles. The molecular formula is C11H13FN2O4. The lowest BCUT2D eigenvalue weighted by Crippen LogP contribution is -2.24. The molecule has 0 heterocycles. The van der Waals surface area contributed by atoms with E-state index in [2.05, 4.69) is 10.2 Å². The summed E-state index contributed by atoms with van der Waals surface area (Å²) >= 11 is 0. The highest BCUT2D eigenvalue weighted by molar-refractivity contribution is 5.89. The normalized spacial score (nSPS) is 10.1. The number of hydrogen-bond acceptors (Lipinski definition) is 5. The van der Waals surface area contributed by atoms with Crippen LogP contribution in [0.4, 0.5) is 4.39 Å². The first-order chi connectivity index (χ1) is 8.54. The summed E-state index contributed by atoms with van der Waals surface area (Å²) < 4.78 is 17.9. The van der Waals surface area contributed by atoms with Gasteiger partial charge in [0.1, 0.15) is 12.4 Å². The highest BCUT2D eigenvalue weighted by Gasteiger charge is 2.12. The standard InChI is InChI=1S/C11H13FN2O4/c1-17-11(16)8-3-2-7(4-9(8)12)5-14-18-6-10(13)15/h2-4,14H,5-6H2,1H3,(H2,13,15). The van der Waals surface area contributed by atoms with Crippen LogP contribution in [0.5, 0.6) is 0 Å². The van der Waals surface area contributed by atoms with Crippen LogP contribution in [0.1, 0.15) is 15.9 Å². The summed E-state index contributed by atoms with van der Waals surface area (Å²) in [6.45, 7) is -0.103. The van der Waals surface area contributed by atoms with Crippen molar-refractivity contribution in [3.05, 3.63) is 35.1 Å². The fourth-order valence-corrected chi connectivity index (χ4v) is 1.20. The third-order valence-electron chi connectivity index (χ3n) is 2.03. The van der Waals surface area contributed by atoms with Crippen LogP contribution in [-0.4, -0.2) is 25.6 Å². The molecule has 0 saturated carbocycles. The van der Waals surface area contributed by atoms with Crippen LogP contribution in [0, 0.1) is 5.82 Å². The van der Waals surface area contributed by atoms with Gasteiger partial charge in [-0.3, -0.25) is 9.63 Å². The number of hydrogen-bond donors (Lipinski definition) is 2. The number of primary amides is 1. The Morgan fingerprint density at radius 1 is 1.44 bits per heavy atom. The van der Waals surface area contributed by atoms with Crippen molar-refractivity contribution in [2.24, 2.45) is 5.73 Å². The van der Waals surface area contributed by atoms with Gasteiger partial charge in [-0.05, 0) is 17.7 Å². The molecule has 18 heavy (non-hydrogen) atoms. The minimum absolute atomic E-state index is 0.140. The zero-order valence-corrected chi connectivity index (χ0v) is 9.73. The molecule has 1 aromatic rings. The summed E-state index contributed by atoms with van der Waals surface area (Å²) in [5.41, 5.74) is 7.69. The Bertz CT molecular complexity index is 451. The molecule has 0 bridgehead atoms. The lowest BCUT2D eigenvalue weighted by Gasteiger charge is -2.06. The Morgan fingerprint density at radius 2 is 2.17 bits per heavy atom. The van der Waals surface area contributed by atoms with Crippen LogP contribution in [0.3, 0.4) is 0 Å². The number of amides is 1. The monoisotopic (exact) mass is 256 g/mol. The molecule has 0 saturated heterocycles. The summed E-state index contributed by atoms with van der Waals surface area (Å²) in [6.07, 6.45) is 0. The van der Waals surface area contributed by atoms with Gasteiger partial charge < -0.3 is 10.5 Å². The van der Waals surface area contributed by atoms with Gasteiger partial charge >= 0.3 is 5.97 Å². The topological polar surface area (TPSA) is 90.7 Å². The Balaban J connectivity index is 2.56. The minimum Gasteiger partial charge on any atom is -0.465 e. The number of ether oxygens (including phenoxy) is 1.